The molecule has 0 aromatic heterocycles. The summed E-state index contributed by atoms with van der Waals surface area (Å²) in [6.07, 6.45) is 1.58. The van der Waals surface area contributed by atoms with Gasteiger partial charge in [0.15, 0.2) is 0 Å². The number of aryl methyl sites for hydroxylation is 1. The number of hydrazine groups is 1. The molecule has 3 rings (SSSR count). The standard InChI is InChI=1S/C21H27N3O3/c1-3-15-6-4-5-7-20(15)27-13-12-24(2)21(26)19-14-18(22-23-19)16-8-10-17(25)11-9-16/h4-11,18-19,22-23,25H,3,12-14H2,1-2H3. The van der Waals surface area contributed by atoms with Crippen LogP contribution < -0.4 is 15.6 Å². The van der Waals surface area contributed by atoms with Crippen molar-refractivity contribution in [2.75, 3.05) is 20.2 Å². The SMILES string of the molecule is CCc1ccccc1OCCN(C)C(=O)C1CC(c2ccc(O)cc2)NN1. The summed E-state index contributed by atoms with van der Waals surface area (Å²) < 4.78 is 5.86. The van der Waals surface area contributed by atoms with Crippen LogP contribution in [0.2, 0.25) is 0 Å². The number of phenols is 1. The molecule has 0 radical (unpaired) electrons. The van der Waals surface area contributed by atoms with Gasteiger partial charge in [0, 0.05) is 13.1 Å². The van der Waals surface area contributed by atoms with Crippen LogP contribution in [-0.2, 0) is 11.2 Å². The Hall–Kier alpha value is -2.57. The Morgan fingerprint density at radius 3 is 2.67 bits per heavy atom. The number of carbonyl (C=O) groups excluding carboxylic acids is 1. The number of nitrogens with one attached hydrogen (secondary N) is 2. The lowest BCUT2D eigenvalue weighted by atomic mass is 10.0. The van der Waals surface area contributed by atoms with Gasteiger partial charge in [-0.1, -0.05) is 37.3 Å². The molecule has 1 saturated heterocycles. The number of hydrogen-bond donors (Lipinski definition) is 3. The average molecular weight is 369 g/mol. The highest BCUT2D eigenvalue weighted by Gasteiger charge is 2.31. The minimum absolute atomic E-state index is 0.0381. The van der Waals surface area contributed by atoms with E-state index in [1.54, 1.807) is 24.1 Å². The van der Waals surface area contributed by atoms with Crippen LogP contribution in [0.15, 0.2) is 48.5 Å². The van der Waals surface area contributed by atoms with Crippen LogP contribution in [0.3, 0.4) is 0 Å². The first-order valence-electron chi connectivity index (χ1n) is 9.34. The van der Waals surface area contributed by atoms with E-state index in [1.807, 2.05) is 30.3 Å². The van der Waals surface area contributed by atoms with Gasteiger partial charge in [-0.25, -0.2) is 10.9 Å². The van der Waals surface area contributed by atoms with Crippen molar-refractivity contribution >= 4 is 5.91 Å². The minimum atomic E-state index is -0.281. The number of para-hydroxylation sites is 1. The fourth-order valence-electron chi connectivity index (χ4n) is 3.25. The summed E-state index contributed by atoms with van der Waals surface area (Å²) in [7, 11) is 1.80. The van der Waals surface area contributed by atoms with Crippen molar-refractivity contribution < 1.29 is 14.6 Å². The molecule has 0 spiro atoms. The van der Waals surface area contributed by atoms with Crippen LogP contribution >= 0.6 is 0 Å². The Kier molecular flexibility index (Phi) is 6.32. The van der Waals surface area contributed by atoms with E-state index in [4.69, 9.17) is 4.74 Å². The van der Waals surface area contributed by atoms with Crippen LogP contribution in [0.25, 0.3) is 0 Å². The Balaban J connectivity index is 1.48. The second-order valence-electron chi connectivity index (χ2n) is 6.79. The summed E-state index contributed by atoms with van der Waals surface area (Å²) in [4.78, 5) is 14.4. The van der Waals surface area contributed by atoms with Gasteiger partial charge in [-0.05, 0) is 42.2 Å². The maximum atomic E-state index is 12.7. The molecule has 1 aliphatic rings. The Bertz CT molecular complexity index is 764. The molecule has 6 nitrogen and oxygen atoms in total. The topological polar surface area (TPSA) is 73.8 Å². The monoisotopic (exact) mass is 369 g/mol. The first kappa shape index (κ1) is 19.2. The van der Waals surface area contributed by atoms with Gasteiger partial charge in [-0.2, -0.15) is 0 Å². The molecule has 2 aromatic carbocycles. The van der Waals surface area contributed by atoms with Gasteiger partial charge in [0.25, 0.3) is 0 Å². The molecule has 3 N–H and O–H groups in total. The maximum Gasteiger partial charge on any atom is 0.240 e. The highest BCUT2D eigenvalue weighted by atomic mass is 16.5. The summed E-state index contributed by atoms with van der Waals surface area (Å²) in [5.74, 6) is 1.16. The van der Waals surface area contributed by atoms with E-state index in [9.17, 15) is 9.90 Å². The minimum Gasteiger partial charge on any atom is -0.508 e. The van der Waals surface area contributed by atoms with E-state index in [-0.39, 0.29) is 23.7 Å². The third-order valence-corrected chi connectivity index (χ3v) is 4.91. The highest BCUT2D eigenvalue weighted by Crippen LogP contribution is 2.24. The van der Waals surface area contributed by atoms with Gasteiger partial charge in [-0.15, -0.1) is 0 Å². The Labute approximate surface area is 160 Å². The molecule has 27 heavy (non-hydrogen) atoms. The normalized spacial score (nSPS) is 19.0. The fraction of sp³-hybridized carbons (Fsp3) is 0.381. The number of ether oxygens (including phenoxy) is 1. The number of benzene rings is 2. The number of aromatic hydroxyl groups is 1. The third-order valence-electron chi connectivity index (χ3n) is 4.91. The van der Waals surface area contributed by atoms with Crippen molar-refractivity contribution in [1.82, 2.24) is 15.8 Å². The molecule has 1 aliphatic heterocycles. The van der Waals surface area contributed by atoms with Gasteiger partial charge in [0.2, 0.25) is 5.91 Å². The summed E-state index contributed by atoms with van der Waals surface area (Å²) in [6, 6.07) is 14.8. The molecule has 1 amide bonds. The number of phenolic OH excluding ortho intramolecular Hbond substituents is 1. The van der Waals surface area contributed by atoms with Gasteiger partial charge in [-0.3, -0.25) is 4.79 Å². The van der Waals surface area contributed by atoms with Crippen LogP contribution in [0, 0.1) is 0 Å². The summed E-state index contributed by atoms with van der Waals surface area (Å²) in [6.45, 7) is 3.08. The number of hydrogen-bond acceptors (Lipinski definition) is 5. The summed E-state index contributed by atoms with van der Waals surface area (Å²) >= 11 is 0. The van der Waals surface area contributed by atoms with E-state index in [1.165, 1.54) is 5.56 Å². The first-order valence-corrected chi connectivity index (χ1v) is 9.34. The molecular formula is C21H27N3O3. The molecule has 144 valence electrons. The number of nitrogens with zero attached hydrogens (tertiary/aromatic N) is 1. The zero-order valence-corrected chi connectivity index (χ0v) is 15.8. The zero-order valence-electron chi connectivity index (χ0n) is 15.8. The van der Waals surface area contributed by atoms with Gasteiger partial charge >= 0.3 is 0 Å². The summed E-state index contributed by atoms with van der Waals surface area (Å²) in [5.41, 5.74) is 8.46. The largest absolute Gasteiger partial charge is 0.508 e. The van der Waals surface area contributed by atoms with Gasteiger partial charge in [0.05, 0.1) is 6.54 Å². The predicted octanol–water partition coefficient (Wildman–Crippen LogP) is 2.40. The molecule has 1 heterocycles. The van der Waals surface area contributed by atoms with Gasteiger partial charge in [0.1, 0.15) is 24.1 Å². The van der Waals surface area contributed by atoms with Crippen molar-refractivity contribution in [2.24, 2.45) is 0 Å². The van der Waals surface area contributed by atoms with Crippen LogP contribution in [0.5, 0.6) is 11.5 Å². The molecule has 0 aliphatic carbocycles. The number of rotatable bonds is 7. The Morgan fingerprint density at radius 1 is 1.19 bits per heavy atom. The molecule has 1 fully saturated rings. The fourth-order valence-corrected chi connectivity index (χ4v) is 3.25. The predicted molar refractivity (Wildman–Crippen MR) is 104 cm³/mol. The first-order chi connectivity index (χ1) is 13.1. The highest BCUT2D eigenvalue weighted by molar-refractivity contribution is 5.82. The maximum absolute atomic E-state index is 12.7. The smallest absolute Gasteiger partial charge is 0.240 e. The van der Waals surface area contributed by atoms with Crippen molar-refractivity contribution in [3.05, 3.63) is 59.7 Å². The zero-order chi connectivity index (χ0) is 19.2. The number of carbonyl (C=O) groups is 1. The quantitative estimate of drug-likeness (QED) is 0.699. The molecule has 2 atom stereocenters. The summed E-state index contributed by atoms with van der Waals surface area (Å²) in [5, 5.41) is 9.40. The number of amides is 1. The third kappa shape index (κ3) is 4.78. The molecule has 6 heteroatoms. The van der Waals surface area contributed by atoms with Crippen LogP contribution in [0.1, 0.15) is 30.5 Å². The van der Waals surface area contributed by atoms with E-state index < -0.39 is 0 Å². The van der Waals surface area contributed by atoms with Crippen molar-refractivity contribution in [2.45, 2.75) is 31.8 Å². The van der Waals surface area contributed by atoms with E-state index in [0.29, 0.717) is 19.6 Å². The Morgan fingerprint density at radius 2 is 1.93 bits per heavy atom. The van der Waals surface area contributed by atoms with E-state index in [0.717, 1.165) is 17.7 Å². The average Bonchev–Trinajstić information content (AvgIpc) is 3.18. The lowest BCUT2D eigenvalue weighted by Crippen LogP contribution is -2.45. The number of likely N-dealkylation sites (N-methyl/N-ethyl adjacent to an activating group) is 1. The lowest BCUT2D eigenvalue weighted by molar-refractivity contribution is -0.132. The van der Waals surface area contributed by atoms with Crippen LogP contribution in [0.4, 0.5) is 0 Å². The molecule has 2 unspecified atom stereocenters. The second kappa shape index (κ2) is 8.88. The van der Waals surface area contributed by atoms with Crippen molar-refractivity contribution in [1.29, 1.82) is 0 Å². The van der Waals surface area contributed by atoms with E-state index in [2.05, 4.69) is 23.8 Å². The van der Waals surface area contributed by atoms with Crippen LogP contribution in [-0.4, -0.2) is 42.2 Å². The van der Waals surface area contributed by atoms with Crippen molar-refractivity contribution in [3.63, 3.8) is 0 Å². The molecule has 0 saturated carbocycles. The second-order valence-corrected chi connectivity index (χ2v) is 6.79. The lowest BCUT2D eigenvalue weighted by Gasteiger charge is -2.21. The van der Waals surface area contributed by atoms with E-state index >= 15 is 0 Å². The van der Waals surface area contributed by atoms with Crippen molar-refractivity contribution in [3.8, 4) is 11.5 Å². The molecule has 0 bridgehead atoms. The molecule has 2 aromatic rings. The van der Waals surface area contributed by atoms with Gasteiger partial charge < -0.3 is 14.7 Å². The molecular weight excluding hydrogens is 342 g/mol.